The van der Waals surface area contributed by atoms with E-state index in [-0.39, 0.29) is 36.0 Å². The van der Waals surface area contributed by atoms with Crippen LogP contribution in [0.2, 0.25) is 0 Å². The van der Waals surface area contributed by atoms with E-state index in [9.17, 15) is 19.2 Å². The predicted octanol–water partition coefficient (Wildman–Crippen LogP) is 9.47. The highest BCUT2D eigenvalue weighted by Crippen LogP contribution is 2.36. The van der Waals surface area contributed by atoms with E-state index in [1.165, 1.54) is 11.1 Å². The molecule has 2 amide bonds. The molecule has 4 aliphatic heterocycles. The van der Waals surface area contributed by atoms with Crippen molar-refractivity contribution < 1.29 is 28.5 Å². The number of hydrogen-bond donors (Lipinski definition) is 4. The Labute approximate surface area is 496 Å². The van der Waals surface area contributed by atoms with Crippen molar-refractivity contribution in [2.75, 3.05) is 102 Å². The summed E-state index contributed by atoms with van der Waals surface area (Å²) in [5.41, 5.74) is 16.2. The molecule has 0 aliphatic carbocycles. The van der Waals surface area contributed by atoms with Gasteiger partial charge in [0.05, 0.1) is 26.4 Å². The number of morpholine rings is 2. The predicted molar refractivity (Wildman–Crippen MR) is 335 cm³/mol. The molecule has 84 heavy (non-hydrogen) atoms. The van der Waals surface area contributed by atoms with Gasteiger partial charge in [-0.3, -0.25) is 29.0 Å². The van der Waals surface area contributed by atoms with Crippen molar-refractivity contribution in [1.29, 1.82) is 0 Å². The molecule has 0 bridgehead atoms. The molecule has 16 heteroatoms. The first kappa shape index (κ1) is 61.6. The molecule has 0 spiro atoms. The largest absolute Gasteiger partial charge is 0.381 e. The first-order chi connectivity index (χ1) is 40.7. The fraction of sp³-hybridized carbons (Fsp3) is 0.471. The molecule has 16 nitrogen and oxygen atoms in total. The number of rotatable bonds is 18. The highest BCUT2D eigenvalue weighted by molar-refractivity contribution is 6.00. The van der Waals surface area contributed by atoms with E-state index in [1.807, 2.05) is 65.8 Å². The Balaban J connectivity index is 0.000000202. The minimum Gasteiger partial charge on any atom is -0.381 e. The molecule has 0 saturated carbocycles. The van der Waals surface area contributed by atoms with E-state index < -0.39 is 0 Å². The normalized spacial score (nSPS) is 16.4. The number of nitrogens with one attached hydrogen (secondary N) is 4. The van der Waals surface area contributed by atoms with Gasteiger partial charge < -0.3 is 49.3 Å². The number of aryl methyl sites for hydroxylation is 4. The number of anilines is 2. The van der Waals surface area contributed by atoms with Gasteiger partial charge in [0.2, 0.25) is 0 Å². The Hall–Kier alpha value is -6.92. The van der Waals surface area contributed by atoms with Crippen LogP contribution >= 0.6 is 0 Å². The van der Waals surface area contributed by atoms with Crippen LogP contribution in [-0.2, 0) is 45.1 Å². The summed E-state index contributed by atoms with van der Waals surface area (Å²) in [6.07, 6.45) is 3.85. The lowest BCUT2D eigenvalue weighted by Crippen LogP contribution is -2.40. The van der Waals surface area contributed by atoms with Crippen LogP contribution in [0.3, 0.4) is 0 Å². The fourth-order valence-electron chi connectivity index (χ4n) is 12.4. The van der Waals surface area contributed by atoms with Crippen LogP contribution in [0.1, 0.15) is 116 Å². The lowest BCUT2D eigenvalue weighted by Gasteiger charge is -2.37. The summed E-state index contributed by atoms with van der Waals surface area (Å²) in [6, 6.07) is 30.4. The number of hydrogen-bond acceptors (Lipinski definition) is 12. The van der Waals surface area contributed by atoms with Crippen LogP contribution < -0.4 is 31.6 Å². The molecule has 4 aromatic carbocycles. The van der Waals surface area contributed by atoms with Gasteiger partial charge in [0.25, 0.3) is 22.9 Å². The van der Waals surface area contributed by atoms with E-state index in [2.05, 4.69) is 115 Å². The molecular formula is C68H88N8O8. The van der Waals surface area contributed by atoms with Gasteiger partial charge in [-0.15, -0.1) is 0 Å². The highest BCUT2D eigenvalue weighted by atomic mass is 16.5. The summed E-state index contributed by atoms with van der Waals surface area (Å²) < 4.78 is 22.3. The summed E-state index contributed by atoms with van der Waals surface area (Å²) in [5.74, 6) is -0.358. The van der Waals surface area contributed by atoms with Gasteiger partial charge in [-0.25, -0.2) is 0 Å². The smallest absolute Gasteiger partial charge is 0.253 e. The number of pyridine rings is 2. The Morgan fingerprint density at radius 2 is 0.833 bits per heavy atom. The van der Waals surface area contributed by atoms with Gasteiger partial charge in [0, 0.05) is 149 Å². The molecule has 4 saturated heterocycles. The van der Waals surface area contributed by atoms with Gasteiger partial charge in [0.15, 0.2) is 0 Å². The second-order valence-electron chi connectivity index (χ2n) is 23.0. The van der Waals surface area contributed by atoms with Gasteiger partial charge in [-0.2, -0.15) is 0 Å². The number of H-pyrrole nitrogens is 2. The first-order valence-electron chi connectivity index (χ1n) is 30.4. The third kappa shape index (κ3) is 15.5. The Bertz CT molecular complexity index is 3090. The first-order valence-corrected chi connectivity index (χ1v) is 30.4. The highest BCUT2D eigenvalue weighted by Gasteiger charge is 2.28. The lowest BCUT2D eigenvalue weighted by molar-refractivity contribution is 0.0341. The third-order valence-corrected chi connectivity index (χ3v) is 17.2. The summed E-state index contributed by atoms with van der Waals surface area (Å²) in [4.78, 5) is 68.1. The molecule has 448 valence electrons. The topological polar surface area (TPSA) is 174 Å². The van der Waals surface area contributed by atoms with Gasteiger partial charge >= 0.3 is 0 Å². The van der Waals surface area contributed by atoms with Crippen molar-refractivity contribution in [1.82, 2.24) is 30.4 Å². The average molecular weight is 1150 g/mol. The molecule has 4 N–H and O–H groups in total. The summed E-state index contributed by atoms with van der Waals surface area (Å²) >= 11 is 0. The molecule has 4 fully saturated rings. The molecule has 6 heterocycles. The van der Waals surface area contributed by atoms with Crippen LogP contribution in [-0.4, -0.2) is 136 Å². The van der Waals surface area contributed by atoms with E-state index in [4.69, 9.17) is 18.9 Å². The van der Waals surface area contributed by atoms with Gasteiger partial charge in [-0.1, -0.05) is 48.5 Å². The van der Waals surface area contributed by atoms with Gasteiger partial charge in [-0.05, 0) is 173 Å². The number of amides is 2. The summed E-state index contributed by atoms with van der Waals surface area (Å²) in [6.45, 7) is 29.7. The zero-order chi connectivity index (χ0) is 59.3. The second-order valence-corrected chi connectivity index (χ2v) is 23.0. The Kier molecular flexibility index (Phi) is 21.5. The zero-order valence-corrected chi connectivity index (χ0v) is 50.8. The fourth-order valence-corrected chi connectivity index (χ4v) is 12.4. The zero-order valence-electron chi connectivity index (χ0n) is 50.8. The molecular weight excluding hydrogens is 1060 g/mol. The molecule has 0 unspecified atom stereocenters. The van der Waals surface area contributed by atoms with Crippen molar-refractivity contribution in [3.63, 3.8) is 0 Å². The number of benzene rings is 4. The maximum absolute atomic E-state index is 13.7. The quantitative estimate of drug-likeness (QED) is 0.0643. The molecule has 2 aromatic heterocycles. The third-order valence-electron chi connectivity index (χ3n) is 17.2. The average Bonchev–Trinajstić information content (AvgIpc) is 2.77. The van der Waals surface area contributed by atoms with Crippen molar-refractivity contribution >= 4 is 23.2 Å². The Morgan fingerprint density at radius 3 is 1.17 bits per heavy atom. The maximum Gasteiger partial charge on any atom is 0.253 e. The molecule has 10 rings (SSSR count). The van der Waals surface area contributed by atoms with Crippen LogP contribution in [0, 0.1) is 41.5 Å². The molecule has 4 aliphatic rings. The lowest BCUT2D eigenvalue weighted by atomic mass is 9.94. The Morgan fingerprint density at radius 1 is 0.488 bits per heavy atom. The summed E-state index contributed by atoms with van der Waals surface area (Å²) in [5, 5.41) is 6.08. The minimum absolute atomic E-state index is 0.159. The number of nitrogens with zero attached hydrogens (tertiary/aromatic N) is 4. The van der Waals surface area contributed by atoms with E-state index in [0.717, 1.165) is 198 Å². The van der Waals surface area contributed by atoms with E-state index in [1.54, 1.807) is 0 Å². The standard InChI is InChI=1S/2C34H44N4O4/c2*1-5-38(29-10-14-41-15-11-29)32-20-28(27-8-6-26(7-9-27)22-37-12-16-42-17-13-37)19-30(25(32)4)33(39)35-21-31-23(2)18-24(3)36-34(31)40/h2*6-9,18-20,29H,5,10-17,21-22H2,1-4H3,(H,35,39)(H,36,40). The molecule has 0 radical (unpaired) electrons. The van der Waals surface area contributed by atoms with Crippen molar-refractivity contribution in [3.8, 4) is 22.3 Å². The van der Waals surface area contributed by atoms with Crippen LogP contribution in [0.4, 0.5) is 11.4 Å². The molecule has 0 atom stereocenters. The van der Waals surface area contributed by atoms with Gasteiger partial charge in [0.1, 0.15) is 0 Å². The number of carbonyl (C=O) groups excluding carboxylic acids is 2. The second kappa shape index (κ2) is 29.3. The number of carbonyl (C=O) groups is 2. The van der Waals surface area contributed by atoms with Crippen molar-refractivity contribution in [3.05, 3.63) is 173 Å². The van der Waals surface area contributed by atoms with Crippen molar-refractivity contribution in [2.24, 2.45) is 0 Å². The SMILES string of the molecule is CCN(c1cc(-c2ccc(CN3CCOCC3)cc2)cc(C(=O)NCc2c(C)cc(C)[nH]c2=O)c1C)C1CCOCC1.CCN(c1cc(-c2ccc(CN3CCOCC3)cc2)cc(C(=O)NCc2c(C)cc(C)[nH]c2=O)c1C)C1CCOCC1. The molecule has 6 aromatic rings. The van der Waals surface area contributed by atoms with Crippen LogP contribution in [0.25, 0.3) is 22.3 Å². The van der Waals surface area contributed by atoms with Crippen LogP contribution in [0.5, 0.6) is 0 Å². The minimum atomic E-state index is -0.179. The van der Waals surface area contributed by atoms with Crippen LogP contribution in [0.15, 0.2) is 94.5 Å². The summed E-state index contributed by atoms with van der Waals surface area (Å²) in [7, 11) is 0. The van der Waals surface area contributed by atoms with Crippen molar-refractivity contribution in [2.45, 2.75) is 119 Å². The number of aromatic nitrogens is 2. The van der Waals surface area contributed by atoms with E-state index in [0.29, 0.717) is 34.3 Å². The maximum atomic E-state index is 13.7. The number of ether oxygens (including phenoxy) is 4. The number of aromatic amines is 2. The monoisotopic (exact) mass is 1140 g/mol. The van der Waals surface area contributed by atoms with E-state index >= 15 is 0 Å².